The third-order valence-electron chi connectivity index (χ3n) is 1.88. The molecule has 0 bridgehead atoms. The Balaban J connectivity index is 2.18. The second-order valence-electron chi connectivity index (χ2n) is 3.84. The maximum atomic E-state index is 11.0. The number of thioether (sulfide) groups is 1. The largest absolute Gasteiger partial charge is 0.465 e. The molecule has 0 atom stereocenters. The second-order valence-corrected chi connectivity index (χ2v) is 4.83. The highest BCUT2D eigenvalue weighted by atomic mass is 32.2. The zero-order chi connectivity index (χ0) is 9.90. The summed E-state index contributed by atoms with van der Waals surface area (Å²) in [5.74, 6) is 1.55. The van der Waals surface area contributed by atoms with Crippen molar-refractivity contribution in [3.8, 4) is 0 Å². The minimum atomic E-state index is -0.398. The predicted molar refractivity (Wildman–Crippen MR) is 51.7 cm³/mol. The third kappa shape index (κ3) is 3.38. The average Bonchev–Trinajstić information content (AvgIpc) is 1.96. The number of carbonyl (C=O) groups excluding carboxylic acids is 2. The topological polar surface area (TPSA) is 43.4 Å². The van der Waals surface area contributed by atoms with Crippen molar-refractivity contribution in [2.45, 2.75) is 20.3 Å². The van der Waals surface area contributed by atoms with Gasteiger partial charge in [-0.2, -0.15) is 11.8 Å². The van der Waals surface area contributed by atoms with Gasteiger partial charge in [-0.1, -0.05) is 6.92 Å². The fourth-order valence-electron chi connectivity index (χ4n) is 1.04. The maximum absolute atomic E-state index is 11.0. The van der Waals surface area contributed by atoms with Gasteiger partial charge in [0.1, 0.15) is 12.2 Å². The van der Waals surface area contributed by atoms with Gasteiger partial charge < -0.3 is 4.74 Å². The van der Waals surface area contributed by atoms with Gasteiger partial charge in [0.2, 0.25) is 0 Å². The van der Waals surface area contributed by atoms with Crippen molar-refractivity contribution in [2.75, 3.05) is 18.1 Å². The van der Waals surface area contributed by atoms with Crippen molar-refractivity contribution in [3.63, 3.8) is 0 Å². The Labute approximate surface area is 82.2 Å². The van der Waals surface area contributed by atoms with E-state index in [0.717, 1.165) is 11.5 Å². The number of hydrogen-bond acceptors (Lipinski definition) is 4. The van der Waals surface area contributed by atoms with Crippen LogP contribution in [0.2, 0.25) is 0 Å². The summed E-state index contributed by atoms with van der Waals surface area (Å²) in [6.07, 6.45) is -0.0940. The Bertz CT molecular complexity index is 221. The first-order chi connectivity index (χ1) is 6.02. The lowest BCUT2D eigenvalue weighted by molar-refractivity contribution is -0.148. The molecule has 1 aliphatic rings. The lowest BCUT2D eigenvalue weighted by atomic mass is 9.96. The highest BCUT2D eigenvalue weighted by Crippen LogP contribution is 2.37. The molecule has 0 radical (unpaired) electrons. The molecule has 0 spiro atoms. The van der Waals surface area contributed by atoms with E-state index < -0.39 is 5.97 Å². The molecule has 0 aromatic carbocycles. The molecule has 0 aromatic rings. The van der Waals surface area contributed by atoms with Crippen molar-refractivity contribution in [1.82, 2.24) is 0 Å². The first-order valence-corrected chi connectivity index (χ1v) is 5.40. The summed E-state index contributed by atoms with van der Waals surface area (Å²) < 4.78 is 4.99. The van der Waals surface area contributed by atoms with Gasteiger partial charge in [-0.3, -0.25) is 9.59 Å². The van der Waals surface area contributed by atoms with Gasteiger partial charge in [-0.15, -0.1) is 0 Å². The van der Waals surface area contributed by atoms with Crippen molar-refractivity contribution in [1.29, 1.82) is 0 Å². The van der Waals surface area contributed by atoms with E-state index in [0.29, 0.717) is 6.61 Å². The zero-order valence-corrected chi connectivity index (χ0v) is 8.78. The van der Waals surface area contributed by atoms with Crippen LogP contribution in [-0.2, 0) is 14.3 Å². The van der Waals surface area contributed by atoms with Gasteiger partial charge in [0, 0.05) is 16.9 Å². The van der Waals surface area contributed by atoms with Crippen LogP contribution in [0, 0.1) is 5.41 Å². The molecule has 3 nitrogen and oxygen atoms in total. The van der Waals surface area contributed by atoms with Gasteiger partial charge in [-0.05, 0) is 6.92 Å². The van der Waals surface area contributed by atoms with E-state index in [9.17, 15) is 9.59 Å². The van der Waals surface area contributed by atoms with Crippen LogP contribution in [-0.4, -0.2) is 29.9 Å². The van der Waals surface area contributed by atoms with E-state index in [4.69, 9.17) is 4.74 Å². The molecular weight excluding hydrogens is 188 g/mol. The van der Waals surface area contributed by atoms with Crippen LogP contribution in [0.15, 0.2) is 0 Å². The molecule has 1 aliphatic heterocycles. The SMILES string of the molecule is CC(=O)CC(=O)OCC1(C)CSC1. The molecule has 1 fully saturated rings. The number of hydrogen-bond donors (Lipinski definition) is 0. The lowest BCUT2D eigenvalue weighted by Crippen LogP contribution is -2.37. The summed E-state index contributed by atoms with van der Waals surface area (Å²) in [6.45, 7) is 3.93. The number of ketones is 1. The molecule has 0 amide bonds. The van der Waals surface area contributed by atoms with Crippen LogP contribution >= 0.6 is 11.8 Å². The highest BCUT2D eigenvalue weighted by Gasteiger charge is 2.34. The molecule has 0 N–H and O–H groups in total. The van der Waals surface area contributed by atoms with Crippen LogP contribution in [0.1, 0.15) is 20.3 Å². The molecule has 4 heteroatoms. The third-order valence-corrected chi connectivity index (χ3v) is 3.68. The summed E-state index contributed by atoms with van der Waals surface area (Å²) in [6, 6.07) is 0. The number of Topliss-reactive ketones (excluding diaryl/α,β-unsaturated/α-hetero) is 1. The van der Waals surface area contributed by atoms with Crippen LogP contribution < -0.4 is 0 Å². The molecule has 1 heterocycles. The van der Waals surface area contributed by atoms with Crippen LogP contribution in [0.5, 0.6) is 0 Å². The monoisotopic (exact) mass is 202 g/mol. The van der Waals surface area contributed by atoms with E-state index in [1.807, 2.05) is 11.8 Å². The summed E-state index contributed by atoms with van der Waals surface area (Å²) in [4.78, 5) is 21.5. The fourth-order valence-corrected chi connectivity index (χ4v) is 2.11. The average molecular weight is 202 g/mol. The highest BCUT2D eigenvalue weighted by molar-refractivity contribution is 8.00. The Morgan fingerprint density at radius 1 is 1.46 bits per heavy atom. The minimum Gasteiger partial charge on any atom is -0.465 e. The van der Waals surface area contributed by atoms with Gasteiger partial charge >= 0.3 is 5.97 Å². The molecule has 0 aromatic heterocycles. The summed E-state index contributed by atoms with van der Waals surface area (Å²) in [5, 5.41) is 0. The number of carbonyl (C=O) groups is 2. The number of ether oxygens (including phenoxy) is 1. The van der Waals surface area contributed by atoms with Crippen molar-refractivity contribution >= 4 is 23.5 Å². The molecule has 0 saturated carbocycles. The van der Waals surface area contributed by atoms with E-state index in [1.165, 1.54) is 6.92 Å². The summed E-state index contributed by atoms with van der Waals surface area (Å²) in [5.41, 5.74) is 0.150. The molecule has 74 valence electrons. The second kappa shape index (κ2) is 4.13. The predicted octanol–water partition coefficient (Wildman–Crippen LogP) is 1.26. The lowest BCUT2D eigenvalue weighted by Gasteiger charge is -2.36. The first-order valence-electron chi connectivity index (χ1n) is 4.25. The quantitative estimate of drug-likeness (QED) is 0.508. The van der Waals surface area contributed by atoms with Crippen LogP contribution in [0.4, 0.5) is 0 Å². The van der Waals surface area contributed by atoms with E-state index in [2.05, 4.69) is 6.92 Å². The molecule has 0 aliphatic carbocycles. The molecular formula is C9H14O3S. The Morgan fingerprint density at radius 2 is 2.08 bits per heavy atom. The van der Waals surface area contributed by atoms with Gasteiger partial charge in [0.15, 0.2) is 0 Å². The Morgan fingerprint density at radius 3 is 2.46 bits per heavy atom. The standard InChI is InChI=1S/C9H14O3S/c1-7(10)3-8(11)12-4-9(2)5-13-6-9/h3-6H2,1-2H3. The summed E-state index contributed by atoms with van der Waals surface area (Å²) >= 11 is 1.85. The van der Waals surface area contributed by atoms with Gasteiger partial charge in [0.05, 0.1) is 6.61 Å². The Hall–Kier alpha value is -0.510. The Kier molecular flexibility index (Phi) is 3.36. The van der Waals surface area contributed by atoms with E-state index >= 15 is 0 Å². The van der Waals surface area contributed by atoms with E-state index in [1.54, 1.807) is 0 Å². The minimum absolute atomic E-state index is 0.0940. The van der Waals surface area contributed by atoms with Crippen molar-refractivity contribution < 1.29 is 14.3 Å². The maximum Gasteiger partial charge on any atom is 0.313 e. The number of esters is 1. The zero-order valence-electron chi connectivity index (χ0n) is 7.96. The normalized spacial score (nSPS) is 18.9. The van der Waals surface area contributed by atoms with Gasteiger partial charge in [-0.25, -0.2) is 0 Å². The fraction of sp³-hybridized carbons (Fsp3) is 0.778. The molecule has 13 heavy (non-hydrogen) atoms. The van der Waals surface area contributed by atoms with E-state index in [-0.39, 0.29) is 17.6 Å². The van der Waals surface area contributed by atoms with Crippen molar-refractivity contribution in [3.05, 3.63) is 0 Å². The molecule has 1 rings (SSSR count). The molecule has 1 saturated heterocycles. The number of rotatable bonds is 4. The summed E-state index contributed by atoms with van der Waals surface area (Å²) in [7, 11) is 0. The van der Waals surface area contributed by atoms with Gasteiger partial charge in [0.25, 0.3) is 0 Å². The first kappa shape index (κ1) is 10.6. The van der Waals surface area contributed by atoms with Crippen LogP contribution in [0.25, 0.3) is 0 Å². The van der Waals surface area contributed by atoms with Crippen molar-refractivity contribution in [2.24, 2.45) is 5.41 Å². The van der Waals surface area contributed by atoms with Crippen LogP contribution in [0.3, 0.4) is 0 Å². The smallest absolute Gasteiger partial charge is 0.313 e. The molecule has 0 unspecified atom stereocenters.